The highest BCUT2D eigenvalue weighted by molar-refractivity contribution is 5.70. The number of amides is 1. The van der Waals surface area contributed by atoms with Crippen LogP contribution in [0.1, 0.15) is 51.8 Å². The molecular formula is C17H25NO3. The number of carbonyl (C=O) groups is 1. The highest BCUT2D eigenvalue weighted by Crippen LogP contribution is 2.40. The molecule has 0 spiro atoms. The highest BCUT2D eigenvalue weighted by atomic mass is 16.6. The van der Waals surface area contributed by atoms with Crippen molar-refractivity contribution in [2.75, 3.05) is 6.54 Å². The van der Waals surface area contributed by atoms with E-state index in [-0.39, 0.29) is 23.8 Å². The van der Waals surface area contributed by atoms with Crippen LogP contribution in [0.5, 0.6) is 5.75 Å². The maximum atomic E-state index is 12.5. The monoisotopic (exact) mass is 291 g/mol. The topological polar surface area (TPSA) is 49.8 Å². The minimum Gasteiger partial charge on any atom is -0.508 e. The molecule has 1 atom stereocenters. The first-order chi connectivity index (χ1) is 9.70. The number of hydrogen-bond donors (Lipinski definition) is 1. The molecule has 0 saturated heterocycles. The summed E-state index contributed by atoms with van der Waals surface area (Å²) in [7, 11) is 0. The normalized spacial score (nSPS) is 18.6. The first kappa shape index (κ1) is 15.7. The van der Waals surface area contributed by atoms with Crippen molar-refractivity contribution in [2.24, 2.45) is 5.92 Å². The maximum Gasteiger partial charge on any atom is 0.410 e. The van der Waals surface area contributed by atoms with Crippen LogP contribution >= 0.6 is 0 Å². The predicted molar refractivity (Wildman–Crippen MR) is 82.3 cm³/mol. The smallest absolute Gasteiger partial charge is 0.410 e. The van der Waals surface area contributed by atoms with E-state index in [4.69, 9.17) is 4.74 Å². The van der Waals surface area contributed by atoms with Crippen LogP contribution in [0, 0.1) is 5.92 Å². The Morgan fingerprint density at radius 3 is 2.62 bits per heavy atom. The third-order valence-corrected chi connectivity index (χ3v) is 3.69. The molecular weight excluding hydrogens is 266 g/mol. The molecule has 1 aromatic rings. The quantitative estimate of drug-likeness (QED) is 0.854. The minimum atomic E-state index is -0.516. The van der Waals surface area contributed by atoms with Crippen LogP contribution in [-0.2, 0) is 11.2 Å². The number of carbonyl (C=O) groups excluding carboxylic acids is 1. The summed E-state index contributed by atoms with van der Waals surface area (Å²) in [6.07, 6.45) is 0.432. The molecule has 4 heteroatoms. The number of phenolic OH excluding ortho intramolecular Hbond substituents is 1. The van der Waals surface area contributed by atoms with Gasteiger partial charge in [0.25, 0.3) is 0 Å². The number of aromatic hydroxyl groups is 1. The van der Waals surface area contributed by atoms with Crippen molar-refractivity contribution in [1.29, 1.82) is 0 Å². The number of phenols is 1. The van der Waals surface area contributed by atoms with E-state index in [0.29, 0.717) is 6.54 Å². The van der Waals surface area contributed by atoms with Gasteiger partial charge in [-0.25, -0.2) is 4.79 Å². The van der Waals surface area contributed by atoms with Gasteiger partial charge >= 0.3 is 6.09 Å². The number of rotatable bonds is 1. The van der Waals surface area contributed by atoms with E-state index in [9.17, 15) is 9.90 Å². The van der Waals surface area contributed by atoms with Crippen LogP contribution in [0.15, 0.2) is 18.2 Å². The largest absolute Gasteiger partial charge is 0.508 e. The molecule has 21 heavy (non-hydrogen) atoms. The predicted octanol–water partition coefficient (Wildman–Crippen LogP) is 3.88. The lowest BCUT2D eigenvalue weighted by Crippen LogP contribution is -2.44. The van der Waals surface area contributed by atoms with Crippen molar-refractivity contribution in [3.63, 3.8) is 0 Å². The van der Waals surface area contributed by atoms with Gasteiger partial charge in [0.1, 0.15) is 11.4 Å². The van der Waals surface area contributed by atoms with Gasteiger partial charge in [-0.1, -0.05) is 26.0 Å². The van der Waals surface area contributed by atoms with E-state index in [1.165, 1.54) is 0 Å². The molecule has 1 aliphatic rings. The lowest BCUT2D eigenvalue weighted by molar-refractivity contribution is 0.00850. The number of fused-ring (bicyclic) bond motifs is 1. The molecule has 1 aliphatic heterocycles. The Hall–Kier alpha value is -1.71. The summed E-state index contributed by atoms with van der Waals surface area (Å²) in [6.45, 7) is 10.3. The first-order valence-electron chi connectivity index (χ1n) is 7.51. The van der Waals surface area contributed by atoms with Crippen molar-refractivity contribution in [3.05, 3.63) is 29.3 Å². The van der Waals surface area contributed by atoms with Gasteiger partial charge in [-0.05, 0) is 44.7 Å². The summed E-state index contributed by atoms with van der Waals surface area (Å²) in [6, 6.07) is 5.42. The van der Waals surface area contributed by atoms with Gasteiger partial charge in [-0.2, -0.15) is 0 Å². The molecule has 0 radical (unpaired) electrons. The third-order valence-electron chi connectivity index (χ3n) is 3.69. The summed E-state index contributed by atoms with van der Waals surface area (Å²) in [5, 5.41) is 10.2. The second kappa shape index (κ2) is 5.58. The number of nitrogens with zero attached hydrogens (tertiary/aromatic N) is 1. The van der Waals surface area contributed by atoms with E-state index < -0.39 is 5.60 Å². The summed E-state index contributed by atoms with van der Waals surface area (Å²) in [5.74, 6) is 0.462. The molecule has 1 amide bonds. The Morgan fingerprint density at radius 1 is 1.38 bits per heavy atom. The van der Waals surface area contributed by atoms with Crippen molar-refractivity contribution in [1.82, 2.24) is 4.90 Å². The van der Waals surface area contributed by atoms with Crippen LogP contribution in [-0.4, -0.2) is 28.2 Å². The van der Waals surface area contributed by atoms with Gasteiger partial charge in [0, 0.05) is 12.1 Å². The van der Waals surface area contributed by atoms with Gasteiger partial charge in [0.15, 0.2) is 0 Å². The Morgan fingerprint density at radius 2 is 2.05 bits per heavy atom. The van der Waals surface area contributed by atoms with E-state index >= 15 is 0 Å². The maximum absolute atomic E-state index is 12.5. The number of ether oxygens (including phenoxy) is 1. The van der Waals surface area contributed by atoms with Gasteiger partial charge in [0.05, 0.1) is 6.04 Å². The van der Waals surface area contributed by atoms with Crippen LogP contribution in [0.25, 0.3) is 0 Å². The van der Waals surface area contributed by atoms with Crippen LogP contribution in [0.2, 0.25) is 0 Å². The zero-order valence-corrected chi connectivity index (χ0v) is 13.5. The average molecular weight is 291 g/mol. The molecule has 0 bridgehead atoms. The Balaban J connectivity index is 2.37. The Bertz CT molecular complexity index is 531. The molecule has 116 valence electrons. The fourth-order valence-corrected chi connectivity index (χ4v) is 2.91. The van der Waals surface area contributed by atoms with Crippen LogP contribution in [0.4, 0.5) is 4.79 Å². The zero-order valence-electron chi connectivity index (χ0n) is 13.5. The van der Waals surface area contributed by atoms with Gasteiger partial charge in [0.2, 0.25) is 0 Å². The molecule has 0 fully saturated rings. The Labute approximate surface area is 126 Å². The standard InChI is InChI=1S/C17H25NO3/c1-11(2)15-14-12(7-6-8-13(14)19)9-10-18(15)16(20)21-17(3,4)5/h6-8,11,15,19H,9-10H2,1-5H3/t15-/m0/s1. The fraction of sp³-hybridized carbons (Fsp3) is 0.588. The van der Waals surface area contributed by atoms with E-state index in [2.05, 4.69) is 13.8 Å². The van der Waals surface area contributed by atoms with Crippen molar-refractivity contribution in [2.45, 2.75) is 52.7 Å². The third kappa shape index (κ3) is 3.31. The molecule has 1 aromatic carbocycles. The molecule has 1 N–H and O–H groups in total. The molecule has 2 rings (SSSR count). The van der Waals surface area contributed by atoms with E-state index in [1.54, 1.807) is 11.0 Å². The Kier molecular flexibility index (Phi) is 4.17. The van der Waals surface area contributed by atoms with Crippen molar-refractivity contribution < 1.29 is 14.6 Å². The summed E-state index contributed by atoms with van der Waals surface area (Å²) in [5.41, 5.74) is 1.47. The van der Waals surface area contributed by atoms with E-state index in [1.807, 2.05) is 32.9 Å². The highest BCUT2D eigenvalue weighted by Gasteiger charge is 2.36. The summed E-state index contributed by atoms with van der Waals surface area (Å²) < 4.78 is 5.52. The molecule has 4 nitrogen and oxygen atoms in total. The van der Waals surface area contributed by atoms with Crippen molar-refractivity contribution >= 4 is 6.09 Å². The molecule has 0 aliphatic carbocycles. The minimum absolute atomic E-state index is 0.148. The van der Waals surface area contributed by atoms with Crippen molar-refractivity contribution in [3.8, 4) is 5.75 Å². The van der Waals surface area contributed by atoms with Gasteiger partial charge in [-0.15, -0.1) is 0 Å². The molecule has 0 aromatic heterocycles. The molecule has 1 heterocycles. The number of hydrogen-bond acceptors (Lipinski definition) is 3. The molecule has 0 unspecified atom stereocenters. The lowest BCUT2D eigenvalue weighted by Gasteiger charge is -2.40. The average Bonchev–Trinajstić information content (AvgIpc) is 2.35. The first-order valence-corrected chi connectivity index (χ1v) is 7.51. The number of benzene rings is 1. The lowest BCUT2D eigenvalue weighted by atomic mass is 9.86. The van der Waals surface area contributed by atoms with Crippen LogP contribution in [0.3, 0.4) is 0 Å². The van der Waals surface area contributed by atoms with Crippen LogP contribution < -0.4 is 0 Å². The van der Waals surface area contributed by atoms with E-state index in [0.717, 1.165) is 17.5 Å². The van der Waals surface area contributed by atoms with Gasteiger partial charge in [-0.3, -0.25) is 0 Å². The fourth-order valence-electron chi connectivity index (χ4n) is 2.91. The second-order valence-corrected chi connectivity index (χ2v) is 6.96. The summed E-state index contributed by atoms with van der Waals surface area (Å²) in [4.78, 5) is 14.2. The van der Waals surface area contributed by atoms with Gasteiger partial charge < -0.3 is 14.7 Å². The SMILES string of the molecule is CC(C)[C@H]1c2c(O)cccc2CCN1C(=O)OC(C)(C)C. The molecule has 0 saturated carbocycles. The zero-order chi connectivity index (χ0) is 15.8. The summed E-state index contributed by atoms with van der Waals surface area (Å²) >= 11 is 0. The second-order valence-electron chi connectivity index (χ2n) is 6.96.